The van der Waals surface area contributed by atoms with Gasteiger partial charge in [-0.15, -0.1) is 0 Å². The van der Waals surface area contributed by atoms with Crippen molar-refractivity contribution in [2.24, 2.45) is 5.73 Å². The molecule has 0 aliphatic carbocycles. The van der Waals surface area contributed by atoms with Crippen LogP contribution in [0.25, 0.3) is 0 Å². The minimum atomic E-state index is -0.309. The van der Waals surface area contributed by atoms with Crippen LogP contribution >= 0.6 is 0 Å². The van der Waals surface area contributed by atoms with Crippen LogP contribution < -0.4 is 11.2 Å². The van der Waals surface area contributed by atoms with Crippen molar-refractivity contribution >= 4 is 13.3 Å². The largest absolute Gasteiger partial charge is 0.326 e. The summed E-state index contributed by atoms with van der Waals surface area (Å²) < 4.78 is 13.4. The van der Waals surface area contributed by atoms with Crippen LogP contribution in [0.4, 0.5) is 4.39 Å². The van der Waals surface area contributed by atoms with E-state index < -0.39 is 0 Å². The molecule has 0 atom stereocenters. The molecule has 0 aromatic heterocycles. The van der Waals surface area contributed by atoms with Crippen molar-refractivity contribution in [1.29, 1.82) is 0 Å². The summed E-state index contributed by atoms with van der Waals surface area (Å²) in [6, 6.07) is 5.07. The topological polar surface area (TPSA) is 26.0 Å². The van der Waals surface area contributed by atoms with Crippen LogP contribution in [0.5, 0.6) is 0 Å². The van der Waals surface area contributed by atoms with Gasteiger partial charge in [0, 0.05) is 5.54 Å². The maximum atomic E-state index is 13.4. The van der Waals surface area contributed by atoms with Gasteiger partial charge in [-0.3, -0.25) is 0 Å². The Labute approximate surface area is 85.9 Å². The predicted molar refractivity (Wildman–Crippen MR) is 58.4 cm³/mol. The van der Waals surface area contributed by atoms with Gasteiger partial charge < -0.3 is 5.73 Å². The van der Waals surface area contributed by atoms with Crippen molar-refractivity contribution in [1.82, 2.24) is 0 Å². The zero-order valence-corrected chi connectivity index (χ0v) is 8.68. The lowest BCUT2D eigenvalue weighted by Crippen LogP contribution is -2.32. The van der Waals surface area contributed by atoms with E-state index in [2.05, 4.69) is 0 Å². The van der Waals surface area contributed by atoms with E-state index in [1.165, 1.54) is 0 Å². The van der Waals surface area contributed by atoms with Crippen molar-refractivity contribution in [2.75, 3.05) is 0 Å². The lowest BCUT2D eigenvalue weighted by Gasteiger charge is -2.18. The number of rotatable bonds is 3. The Morgan fingerprint density at radius 2 is 2.07 bits per heavy atom. The maximum Gasteiger partial charge on any atom is 0.119 e. The zero-order chi connectivity index (χ0) is 10.8. The van der Waals surface area contributed by atoms with Crippen LogP contribution in [0.3, 0.4) is 0 Å². The summed E-state index contributed by atoms with van der Waals surface area (Å²) in [5.74, 6) is -0.309. The second kappa shape index (κ2) is 4.14. The Morgan fingerprint density at radius 1 is 1.43 bits per heavy atom. The lowest BCUT2D eigenvalue weighted by atomic mass is 9.90. The molecule has 0 unspecified atom stereocenters. The van der Waals surface area contributed by atoms with Gasteiger partial charge in [0.2, 0.25) is 0 Å². The molecule has 0 saturated heterocycles. The molecule has 0 aliphatic rings. The summed E-state index contributed by atoms with van der Waals surface area (Å²) in [6.45, 7) is 3.86. The molecule has 1 aromatic rings. The number of hydrogen-bond donors (Lipinski definition) is 1. The van der Waals surface area contributed by atoms with Crippen LogP contribution in [-0.2, 0) is 6.42 Å². The first-order valence-electron chi connectivity index (χ1n) is 4.72. The molecule has 2 radical (unpaired) electrons. The fourth-order valence-corrected chi connectivity index (χ4v) is 1.25. The molecule has 0 spiro atoms. The van der Waals surface area contributed by atoms with E-state index in [0.29, 0.717) is 12.0 Å². The summed E-state index contributed by atoms with van der Waals surface area (Å²) >= 11 is 0. The molecule has 2 N–H and O–H groups in total. The number of aryl methyl sites for hydroxylation is 1. The molecule has 0 aliphatic heterocycles. The smallest absolute Gasteiger partial charge is 0.119 e. The van der Waals surface area contributed by atoms with Crippen molar-refractivity contribution < 1.29 is 4.39 Å². The Balaban J connectivity index is 2.73. The predicted octanol–water partition coefficient (Wildman–Crippen LogP) is 1.29. The SMILES string of the molecule is [B]c1cccc(CCC(C)(C)N)c1F. The van der Waals surface area contributed by atoms with E-state index in [1.54, 1.807) is 18.2 Å². The fourth-order valence-electron chi connectivity index (χ4n) is 1.25. The third-order valence-corrected chi connectivity index (χ3v) is 2.15. The highest BCUT2D eigenvalue weighted by molar-refractivity contribution is 6.32. The number of halogens is 1. The molecule has 0 saturated carbocycles. The Kier molecular flexibility index (Phi) is 3.32. The van der Waals surface area contributed by atoms with Crippen LogP contribution in [0.2, 0.25) is 0 Å². The van der Waals surface area contributed by atoms with Gasteiger partial charge in [-0.2, -0.15) is 0 Å². The summed E-state index contributed by atoms with van der Waals surface area (Å²) in [7, 11) is 5.45. The highest BCUT2D eigenvalue weighted by Crippen LogP contribution is 2.12. The molecule has 74 valence electrons. The fraction of sp³-hybridized carbons (Fsp3) is 0.455. The van der Waals surface area contributed by atoms with Crippen LogP contribution in [0.1, 0.15) is 25.8 Å². The van der Waals surface area contributed by atoms with Crippen LogP contribution in [0, 0.1) is 5.82 Å². The van der Waals surface area contributed by atoms with Crippen LogP contribution in [-0.4, -0.2) is 13.4 Å². The summed E-state index contributed by atoms with van der Waals surface area (Å²) in [5, 5.41) is 0. The minimum absolute atomic E-state index is 0.206. The number of benzene rings is 1. The van der Waals surface area contributed by atoms with Gasteiger partial charge in [-0.05, 0) is 32.3 Å². The normalized spacial score (nSPS) is 11.7. The van der Waals surface area contributed by atoms with Gasteiger partial charge in [0.25, 0.3) is 0 Å². The van der Waals surface area contributed by atoms with Gasteiger partial charge in [-0.1, -0.05) is 23.7 Å². The van der Waals surface area contributed by atoms with E-state index in [4.69, 9.17) is 13.6 Å². The molecule has 0 amide bonds. The second-order valence-corrected chi connectivity index (χ2v) is 4.31. The molecule has 1 nitrogen and oxygen atoms in total. The van der Waals surface area contributed by atoms with Crippen LogP contribution in [0.15, 0.2) is 18.2 Å². The third kappa shape index (κ3) is 3.15. The molecule has 0 heterocycles. The quantitative estimate of drug-likeness (QED) is 0.715. The van der Waals surface area contributed by atoms with E-state index >= 15 is 0 Å². The molecule has 0 fully saturated rings. The van der Waals surface area contributed by atoms with E-state index in [-0.39, 0.29) is 16.8 Å². The Hall–Kier alpha value is -0.825. The lowest BCUT2D eigenvalue weighted by molar-refractivity contribution is 0.471. The van der Waals surface area contributed by atoms with E-state index in [1.807, 2.05) is 13.8 Å². The summed E-state index contributed by atoms with van der Waals surface area (Å²) in [4.78, 5) is 0. The summed E-state index contributed by atoms with van der Waals surface area (Å²) in [6.07, 6.45) is 1.37. The van der Waals surface area contributed by atoms with E-state index in [0.717, 1.165) is 6.42 Å². The standard InChI is InChI=1S/C11H15BFN/c1-11(2,14)7-6-8-4-3-5-9(12)10(8)13/h3-5H,6-7,14H2,1-2H3. The Bertz CT molecular complexity index is 318. The van der Waals surface area contributed by atoms with Crippen molar-refractivity contribution in [3.63, 3.8) is 0 Å². The molecule has 0 bridgehead atoms. The van der Waals surface area contributed by atoms with E-state index in [9.17, 15) is 4.39 Å². The van der Waals surface area contributed by atoms with Crippen molar-refractivity contribution in [3.8, 4) is 0 Å². The molecule has 1 rings (SSSR count). The third-order valence-electron chi connectivity index (χ3n) is 2.15. The Morgan fingerprint density at radius 3 is 2.64 bits per heavy atom. The van der Waals surface area contributed by atoms with Gasteiger partial charge >= 0.3 is 0 Å². The first kappa shape index (κ1) is 11.3. The maximum absolute atomic E-state index is 13.4. The van der Waals surface area contributed by atoms with Gasteiger partial charge in [0.1, 0.15) is 13.7 Å². The zero-order valence-electron chi connectivity index (χ0n) is 8.68. The number of nitrogens with two attached hydrogens (primary N) is 1. The molecular formula is C11H15BFN. The first-order valence-corrected chi connectivity index (χ1v) is 4.72. The van der Waals surface area contributed by atoms with Gasteiger partial charge in [0.05, 0.1) is 0 Å². The summed E-state index contributed by atoms with van der Waals surface area (Å²) in [5.41, 5.74) is 6.40. The highest BCUT2D eigenvalue weighted by atomic mass is 19.1. The minimum Gasteiger partial charge on any atom is -0.326 e. The average molecular weight is 191 g/mol. The molecule has 14 heavy (non-hydrogen) atoms. The van der Waals surface area contributed by atoms with Crippen molar-refractivity contribution in [2.45, 2.75) is 32.2 Å². The molecule has 1 aromatic carbocycles. The molecule has 3 heteroatoms. The molecular weight excluding hydrogens is 176 g/mol. The second-order valence-electron chi connectivity index (χ2n) is 4.31. The van der Waals surface area contributed by atoms with Gasteiger partial charge in [-0.25, -0.2) is 4.39 Å². The van der Waals surface area contributed by atoms with Gasteiger partial charge in [0.15, 0.2) is 0 Å². The number of hydrogen-bond acceptors (Lipinski definition) is 1. The first-order chi connectivity index (χ1) is 6.40. The average Bonchev–Trinajstić information content (AvgIpc) is 2.06. The highest BCUT2D eigenvalue weighted by Gasteiger charge is 2.12. The van der Waals surface area contributed by atoms with Crippen molar-refractivity contribution in [3.05, 3.63) is 29.6 Å². The monoisotopic (exact) mass is 191 g/mol.